The first kappa shape index (κ1) is 16.6. The summed E-state index contributed by atoms with van der Waals surface area (Å²) >= 11 is 0. The van der Waals surface area contributed by atoms with Gasteiger partial charge in [0.05, 0.1) is 10.9 Å². The molecule has 1 atom stereocenters. The molecule has 0 spiro atoms. The first-order valence-corrected chi connectivity index (χ1v) is 8.17. The average Bonchev–Trinajstić information content (AvgIpc) is 3.02. The minimum absolute atomic E-state index is 0.0274. The second-order valence-electron chi connectivity index (χ2n) is 6.10. The van der Waals surface area contributed by atoms with Gasteiger partial charge in [0.25, 0.3) is 0 Å². The van der Waals surface area contributed by atoms with Crippen LogP contribution in [-0.4, -0.2) is 30.7 Å². The van der Waals surface area contributed by atoms with Gasteiger partial charge in [-0.15, -0.1) is 0 Å². The molecule has 2 heterocycles. The van der Waals surface area contributed by atoms with Crippen molar-refractivity contribution in [2.24, 2.45) is 5.92 Å². The first-order valence-electron chi connectivity index (χ1n) is 8.17. The molecule has 1 fully saturated rings. The highest BCUT2D eigenvalue weighted by Crippen LogP contribution is 2.33. The molecule has 0 radical (unpaired) electrons. The lowest BCUT2D eigenvalue weighted by atomic mass is 10.1. The summed E-state index contributed by atoms with van der Waals surface area (Å²) in [6.07, 6.45) is 3.73. The van der Waals surface area contributed by atoms with Gasteiger partial charge in [0, 0.05) is 31.6 Å². The maximum atomic E-state index is 15.1. The highest BCUT2D eigenvalue weighted by atomic mass is 19.1. The van der Waals surface area contributed by atoms with Gasteiger partial charge in [-0.1, -0.05) is 13.5 Å². The zero-order chi connectivity index (χ0) is 17.3. The number of hydrogen-bond donors (Lipinski definition) is 1. The third-order valence-electron chi connectivity index (χ3n) is 4.56. The van der Waals surface area contributed by atoms with Gasteiger partial charge in [-0.25, -0.2) is 8.78 Å². The third kappa shape index (κ3) is 2.82. The number of hydrogen-bond acceptors (Lipinski definition) is 3. The van der Waals surface area contributed by atoms with Crippen LogP contribution in [0.2, 0.25) is 0 Å². The fourth-order valence-corrected chi connectivity index (χ4v) is 3.34. The van der Waals surface area contributed by atoms with E-state index in [-0.39, 0.29) is 16.6 Å². The van der Waals surface area contributed by atoms with Crippen LogP contribution in [0.5, 0.6) is 0 Å². The van der Waals surface area contributed by atoms with Crippen LogP contribution in [0, 0.1) is 17.6 Å². The minimum atomic E-state index is -0.702. The highest BCUT2D eigenvalue weighted by Gasteiger charge is 2.28. The third-order valence-corrected chi connectivity index (χ3v) is 4.56. The molecule has 0 amide bonds. The van der Waals surface area contributed by atoms with Gasteiger partial charge in [0.2, 0.25) is 0 Å². The standard InChI is InChI=1S/C18H21F2N3O/c1-3-21-10-12-5-7-23(11-12)18-14(19)9-13-15(24)6-8-22(4-2)17(13)16(18)20/h4,6,8-9,12,21H,2-3,5,7,10-11H2,1H3. The molecular weight excluding hydrogens is 312 g/mol. The Balaban J connectivity index is 2.06. The number of pyridine rings is 1. The van der Waals surface area contributed by atoms with E-state index >= 15 is 4.39 Å². The number of fused-ring (bicyclic) bond motifs is 1. The van der Waals surface area contributed by atoms with Crippen molar-refractivity contribution in [2.45, 2.75) is 13.3 Å². The van der Waals surface area contributed by atoms with Crippen molar-refractivity contribution in [3.8, 4) is 0 Å². The summed E-state index contributed by atoms with van der Waals surface area (Å²) in [6.45, 7) is 8.56. The molecule has 0 aliphatic carbocycles. The second kappa shape index (κ2) is 6.73. The summed E-state index contributed by atoms with van der Waals surface area (Å²) in [5.41, 5.74) is -0.384. The van der Waals surface area contributed by atoms with E-state index in [2.05, 4.69) is 11.9 Å². The van der Waals surface area contributed by atoms with E-state index in [0.717, 1.165) is 25.6 Å². The predicted molar refractivity (Wildman–Crippen MR) is 93.4 cm³/mol. The van der Waals surface area contributed by atoms with Crippen molar-refractivity contribution in [1.82, 2.24) is 9.88 Å². The lowest BCUT2D eigenvalue weighted by Gasteiger charge is -2.21. The normalized spacial score (nSPS) is 17.6. The molecule has 1 saturated heterocycles. The Morgan fingerprint density at radius 2 is 2.25 bits per heavy atom. The number of nitrogens with one attached hydrogen (secondary N) is 1. The van der Waals surface area contributed by atoms with Crippen LogP contribution >= 0.6 is 0 Å². The molecule has 0 saturated carbocycles. The molecule has 4 nitrogen and oxygen atoms in total. The molecule has 1 aromatic carbocycles. The molecule has 0 bridgehead atoms. The number of nitrogens with zero attached hydrogens (tertiary/aromatic N) is 2. The van der Waals surface area contributed by atoms with E-state index in [1.54, 1.807) is 4.90 Å². The van der Waals surface area contributed by atoms with E-state index in [1.165, 1.54) is 23.0 Å². The van der Waals surface area contributed by atoms with Crippen LogP contribution in [0.4, 0.5) is 14.5 Å². The zero-order valence-electron chi connectivity index (χ0n) is 13.7. The van der Waals surface area contributed by atoms with Gasteiger partial charge in [-0.3, -0.25) is 4.79 Å². The van der Waals surface area contributed by atoms with Crippen molar-refractivity contribution in [3.63, 3.8) is 0 Å². The quantitative estimate of drug-likeness (QED) is 0.914. The highest BCUT2D eigenvalue weighted by molar-refractivity contribution is 5.85. The molecule has 128 valence electrons. The summed E-state index contributed by atoms with van der Waals surface area (Å²) in [5, 5.41) is 3.30. The smallest absolute Gasteiger partial charge is 0.189 e. The van der Waals surface area contributed by atoms with E-state index in [1.807, 2.05) is 6.92 Å². The number of rotatable bonds is 5. The molecule has 1 aliphatic rings. The average molecular weight is 333 g/mol. The summed E-state index contributed by atoms with van der Waals surface area (Å²) in [6, 6.07) is 2.42. The monoisotopic (exact) mass is 333 g/mol. The Hall–Kier alpha value is -2.21. The number of benzene rings is 1. The predicted octanol–water partition coefficient (Wildman–Crippen LogP) is 2.82. The van der Waals surface area contributed by atoms with Crippen molar-refractivity contribution in [3.05, 3.63) is 46.8 Å². The molecule has 1 aromatic heterocycles. The Labute approximate surface area is 139 Å². The van der Waals surface area contributed by atoms with Crippen molar-refractivity contribution >= 4 is 22.8 Å². The number of anilines is 1. The van der Waals surface area contributed by atoms with Crippen LogP contribution in [0.3, 0.4) is 0 Å². The van der Waals surface area contributed by atoms with Crippen LogP contribution in [0.15, 0.2) is 29.7 Å². The van der Waals surface area contributed by atoms with E-state index < -0.39 is 17.1 Å². The fraction of sp³-hybridized carbons (Fsp3) is 0.389. The Bertz CT molecular complexity index is 831. The number of aromatic nitrogens is 1. The maximum Gasteiger partial charge on any atom is 0.189 e. The van der Waals surface area contributed by atoms with Crippen LogP contribution in [0.1, 0.15) is 13.3 Å². The van der Waals surface area contributed by atoms with Gasteiger partial charge in [-0.05, 0) is 31.5 Å². The van der Waals surface area contributed by atoms with Gasteiger partial charge in [-0.2, -0.15) is 0 Å². The van der Waals surface area contributed by atoms with Crippen LogP contribution in [0.25, 0.3) is 17.1 Å². The fourth-order valence-electron chi connectivity index (χ4n) is 3.34. The van der Waals surface area contributed by atoms with Crippen LogP contribution < -0.4 is 15.6 Å². The Morgan fingerprint density at radius 1 is 1.46 bits per heavy atom. The first-order chi connectivity index (χ1) is 11.6. The van der Waals surface area contributed by atoms with Gasteiger partial charge >= 0.3 is 0 Å². The summed E-state index contributed by atoms with van der Waals surface area (Å²) in [4.78, 5) is 13.7. The Kier molecular flexibility index (Phi) is 4.66. The van der Waals surface area contributed by atoms with Gasteiger partial charge in [0.15, 0.2) is 11.2 Å². The Morgan fingerprint density at radius 3 is 2.96 bits per heavy atom. The van der Waals surface area contributed by atoms with E-state index in [9.17, 15) is 9.18 Å². The molecule has 3 rings (SSSR count). The van der Waals surface area contributed by atoms with Gasteiger partial charge < -0.3 is 14.8 Å². The molecule has 1 aliphatic heterocycles. The molecular formula is C18H21F2N3O. The summed E-state index contributed by atoms with van der Waals surface area (Å²) in [7, 11) is 0. The van der Waals surface area contributed by atoms with Crippen molar-refractivity contribution in [1.29, 1.82) is 0 Å². The van der Waals surface area contributed by atoms with Crippen molar-refractivity contribution < 1.29 is 8.78 Å². The molecule has 2 aromatic rings. The van der Waals surface area contributed by atoms with E-state index in [4.69, 9.17) is 0 Å². The zero-order valence-corrected chi connectivity index (χ0v) is 13.7. The minimum Gasteiger partial charge on any atom is -0.366 e. The topological polar surface area (TPSA) is 37.3 Å². The molecule has 1 N–H and O–H groups in total. The van der Waals surface area contributed by atoms with Gasteiger partial charge in [0.1, 0.15) is 11.5 Å². The maximum absolute atomic E-state index is 15.1. The van der Waals surface area contributed by atoms with Crippen LogP contribution in [-0.2, 0) is 0 Å². The summed E-state index contributed by atoms with van der Waals surface area (Å²) in [5.74, 6) is -1.04. The van der Waals surface area contributed by atoms with E-state index in [0.29, 0.717) is 19.0 Å². The second-order valence-corrected chi connectivity index (χ2v) is 6.10. The molecule has 1 unspecified atom stereocenters. The molecule has 6 heteroatoms. The largest absolute Gasteiger partial charge is 0.366 e. The lowest BCUT2D eigenvalue weighted by Crippen LogP contribution is -2.27. The SMILES string of the molecule is C=Cn1ccc(=O)c2cc(F)c(N3CCC(CNCC)C3)c(F)c21. The summed E-state index contributed by atoms with van der Waals surface area (Å²) < 4.78 is 31.1. The lowest BCUT2D eigenvalue weighted by molar-refractivity contribution is 0.525. The van der Waals surface area contributed by atoms with Crippen molar-refractivity contribution in [2.75, 3.05) is 31.1 Å². The number of halogens is 2. The molecule has 24 heavy (non-hydrogen) atoms.